The van der Waals surface area contributed by atoms with Gasteiger partial charge in [-0.3, -0.25) is 9.69 Å². The molecule has 118 valence electrons. The minimum absolute atomic E-state index is 0.118. The molecule has 1 aromatic heterocycles. The van der Waals surface area contributed by atoms with Crippen molar-refractivity contribution in [1.29, 1.82) is 0 Å². The highest BCUT2D eigenvalue weighted by Gasteiger charge is 2.67. The minimum Gasteiger partial charge on any atom is -0.331 e. The van der Waals surface area contributed by atoms with E-state index in [-0.39, 0.29) is 11.8 Å². The van der Waals surface area contributed by atoms with Crippen LogP contribution in [0, 0.1) is 0 Å². The molecule has 0 bridgehead atoms. The number of carbonyl (C=O) groups excluding carboxylic acids is 1. The van der Waals surface area contributed by atoms with E-state index in [1.54, 1.807) is 17.4 Å². The van der Waals surface area contributed by atoms with Gasteiger partial charge in [-0.05, 0) is 35.7 Å². The second kappa shape index (κ2) is 4.71. The number of H-pyrrole nitrogens is 1. The average molecular weight is 336 g/mol. The number of rotatable bonds is 2. The van der Waals surface area contributed by atoms with Crippen LogP contribution in [0.25, 0.3) is 0 Å². The summed E-state index contributed by atoms with van der Waals surface area (Å²) in [5.41, 5.74) is 2.75. The van der Waals surface area contributed by atoms with Crippen LogP contribution < -0.4 is 4.90 Å². The van der Waals surface area contributed by atoms with Crippen LogP contribution in [-0.2, 0) is 10.2 Å². The van der Waals surface area contributed by atoms with Crippen molar-refractivity contribution in [2.45, 2.75) is 17.8 Å². The lowest BCUT2D eigenvalue weighted by Gasteiger charge is -2.15. The van der Waals surface area contributed by atoms with Gasteiger partial charge in [-0.1, -0.05) is 41.9 Å². The van der Waals surface area contributed by atoms with E-state index in [2.05, 4.69) is 16.0 Å². The number of benzene rings is 2. The molecule has 2 heterocycles. The zero-order valence-corrected chi connectivity index (χ0v) is 13.5. The molecule has 2 atom stereocenters. The van der Waals surface area contributed by atoms with Crippen LogP contribution in [0.2, 0.25) is 5.02 Å². The second-order valence-electron chi connectivity index (χ2n) is 6.37. The van der Waals surface area contributed by atoms with Crippen LogP contribution in [-0.4, -0.2) is 15.9 Å². The lowest BCUT2D eigenvalue weighted by atomic mass is 9.92. The molecule has 5 rings (SSSR count). The quantitative estimate of drug-likeness (QED) is 0.764. The fourth-order valence-electron chi connectivity index (χ4n) is 3.97. The molecule has 3 aromatic rings. The van der Waals surface area contributed by atoms with E-state index in [0.717, 1.165) is 23.2 Å². The molecule has 1 spiro atoms. The highest BCUT2D eigenvalue weighted by Crippen LogP contribution is 2.67. The van der Waals surface area contributed by atoms with Crippen molar-refractivity contribution in [2.24, 2.45) is 0 Å². The summed E-state index contributed by atoms with van der Waals surface area (Å²) in [5, 5.41) is 0.714. The molecule has 1 aliphatic carbocycles. The number of halogens is 1. The number of aromatic amines is 1. The number of amides is 1. The van der Waals surface area contributed by atoms with E-state index in [9.17, 15) is 4.79 Å². The van der Waals surface area contributed by atoms with Gasteiger partial charge in [-0.2, -0.15) is 0 Å². The van der Waals surface area contributed by atoms with Crippen molar-refractivity contribution in [1.82, 2.24) is 9.97 Å². The highest BCUT2D eigenvalue weighted by molar-refractivity contribution is 6.30. The standard InChI is InChI=1S/C19H14ClN3O/c20-13-7-5-12(6-8-13)15-9-19(15)14-3-1-2-4-16(14)23(18(19)24)17-10-21-11-22-17/h1-8,10-11,15H,9H2,(H,21,22). The summed E-state index contributed by atoms with van der Waals surface area (Å²) in [4.78, 5) is 22.2. The van der Waals surface area contributed by atoms with Crippen molar-refractivity contribution >= 4 is 29.0 Å². The third kappa shape index (κ3) is 1.69. The second-order valence-corrected chi connectivity index (χ2v) is 6.81. The maximum absolute atomic E-state index is 13.3. The molecule has 0 radical (unpaired) electrons. The van der Waals surface area contributed by atoms with Crippen molar-refractivity contribution in [3.8, 4) is 0 Å². The van der Waals surface area contributed by atoms with E-state index in [1.807, 2.05) is 42.5 Å². The van der Waals surface area contributed by atoms with Crippen LogP contribution in [0.4, 0.5) is 11.5 Å². The van der Waals surface area contributed by atoms with Crippen molar-refractivity contribution in [3.05, 3.63) is 77.2 Å². The molecular weight excluding hydrogens is 322 g/mol. The third-order valence-corrected chi connectivity index (χ3v) is 5.42. The Bertz CT molecular complexity index is 936. The predicted octanol–water partition coefficient (Wildman–Crippen LogP) is 4.17. The van der Waals surface area contributed by atoms with Gasteiger partial charge in [0.25, 0.3) is 0 Å². The average Bonchev–Trinajstić information content (AvgIpc) is 3.02. The molecule has 1 fully saturated rings. The van der Waals surface area contributed by atoms with Crippen LogP contribution in [0.15, 0.2) is 61.1 Å². The maximum Gasteiger partial charge on any atom is 0.244 e. The molecular formula is C19H14ClN3O. The Kier molecular flexibility index (Phi) is 2.71. The summed E-state index contributed by atoms with van der Waals surface area (Å²) < 4.78 is 0. The predicted molar refractivity (Wildman–Crippen MR) is 92.7 cm³/mol. The zero-order valence-electron chi connectivity index (χ0n) is 12.7. The molecule has 24 heavy (non-hydrogen) atoms. The minimum atomic E-state index is -0.463. The number of aromatic nitrogens is 2. The van der Waals surface area contributed by atoms with E-state index in [4.69, 9.17) is 11.6 Å². The van der Waals surface area contributed by atoms with Gasteiger partial charge in [0.05, 0.1) is 23.6 Å². The smallest absolute Gasteiger partial charge is 0.244 e. The van der Waals surface area contributed by atoms with Crippen molar-refractivity contribution in [2.75, 3.05) is 4.90 Å². The number of nitrogens with zero attached hydrogens (tertiary/aromatic N) is 2. The fraction of sp³-hybridized carbons (Fsp3) is 0.158. The summed E-state index contributed by atoms with van der Waals surface area (Å²) in [6, 6.07) is 15.9. The van der Waals surface area contributed by atoms with Crippen LogP contribution in [0.3, 0.4) is 0 Å². The van der Waals surface area contributed by atoms with Crippen molar-refractivity contribution in [3.63, 3.8) is 0 Å². The van der Waals surface area contributed by atoms with Crippen LogP contribution in [0.5, 0.6) is 0 Å². The number of hydrogen-bond donors (Lipinski definition) is 1. The Hall–Kier alpha value is -2.59. The van der Waals surface area contributed by atoms with Gasteiger partial charge in [0.15, 0.2) is 0 Å². The van der Waals surface area contributed by atoms with Crippen LogP contribution in [0.1, 0.15) is 23.5 Å². The van der Waals surface area contributed by atoms with Gasteiger partial charge < -0.3 is 4.98 Å². The number of carbonyl (C=O) groups is 1. The Balaban J connectivity index is 1.63. The lowest BCUT2D eigenvalue weighted by molar-refractivity contribution is -0.119. The van der Waals surface area contributed by atoms with Gasteiger partial charge in [-0.15, -0.1) is 0 Å². The third-order valence-electron chi connectivity index (χ3n) is 5.17. The molecule has 1 saturated carbocycles. The first-order valence-electron chi connectivity index (χ1n) is 7.90. The van der Waals surface area contributed by atoms with E-state index in [1.165, 1.54) is 0 Å². The normalized spacial score (nSPS) is 24.5. The van der Waals surface area contributed by atoms with Crippen molar-refractivity contribution < 1.29 is 4.79 Å². The first-order valence-corrected chi connectivity index (χ1v) is 8.27. The Morgan fingerprint density at radius 2 is 1.96 bits per heavy atom. The molecule has 5 heteroatoms. The molecule has 2 unspecified atom stereocenters. The van der Waals surface area contributed by atoms with Gasteiger partial charge in [0.1, 0.15) is 5.82 Å². The molecule has 2 aliphatic rings. The molecule has 4 nitrogen and oxygen atoms in total. The molecule has 1 N–H and O–H groups in total. The zero-order chi connectivity index (χ0) is 16.3. The van der Waals surface area contributed by atoms with Gasteiger partial charge in [-0.25, -0.2) is 4.98 Å². The first kappa shape index (κ1) is 13.8. The fourth-order valence-corrected chi connectivity index (χ4v) is 4.10. The molecule has 1 aliphatic heterocycles. The summed E-state index contributed by atoms with van der Waals surface area (Å²) >= 11 is 6.00. The number of imidazole rings is 1. The lowest BCUT2D eigenvalue weighted by Crippen LogP contribution is -2.29. The molecule has 0 saturated heterocycles. The molecule has 2 aromatic carbocycles. The Morgan fingerprint density at radius 3 is 2.71 bits per heavy atom. The van der Waals surface area contributed by atoms with Gasteiger partial charge in [0, 0.05) is 10.9 Å². The molecule has 1 amide bonds. The van der Waals surface area contributed by atoms with E-state index in [0.29, 0.717) is 10.8 Å². The number of para-hydroxylation sites is 1. The SMILES string of the molecule is O=C1N(c2cnc[nH]2)c2ccccc2C12CC2c1ccc(Cl)cc1. The highest BCUT2D eigenvalue weighted by atomic mass is 35.5. The van der Waals surface area contributed by atoms with E-state index >= 15 is 0 Å². The number of anilines is 2. The summed E-state index contributed by atoms with van der Waals surface area (Å²) in [5.74, 6) is 1.02. The summed E-state index contributed by atoms with van der Waals surface area (Å²) in [7, 11) is 0. The van der Waals surface area contributed by atoms with E-state index < -0.39 is 5.41 Å². The maximum atomic E-state index is 13.3. The number of nitrogens with one attached hydrogen (secondary N) is 1. The number of hydrogen-bond acceptors (Lipinski definition) is 2. The largest absolute Gasteiger partial charge is 0.331 e. The monoisotopic (exact) mass is 335 g/mol. The Labute approximate surface area is 144 Å². The van der Waals surface area contributed by atoms with Crippen LogP contribution >= 0.6 is 11.6 Å². The topological polar surface area (TPSA) is 49.0 Å². The van der Waals surface area contributed by atoms with Gasteiger partial charge >= 0.3 is 0 Å². The van der Waals surface area contributed by atoms with Gasteiger partial charge in [0.2, 0.25) is 5.91 Å². The number of fused-ring (bicyclic) bond motifs is 2. The first-order chi connectivity index (χ1) is 11.7. The Morgan fingerprint density at radius 1 is 1.17 bits per heavy atom. The summed E-state index contributed by atoms with van der Waals surface area (Å²) in [6.07, 6.45) is 4.11. The summed E-state index contributed by atoms with van der Waals surface area (Å²) in [6.45, 7) is 0.